The van der Waals surface area contributed by atoms with Gasteiger partial charge in [0, 0.05) is 24.5 Å². The number of hydrogen-bond donors (Lipinski definition) is 3. The van der Waals surface area contributed by atoms with Crippen LogP contribution in [0.3, 0.4) is 0 Å². The van der Waals surface area contributed by atoms with Gasteiger partial charge in [0.15, 0.2) is 0 Å². The molecule has 1 heterocycles. The van der Waals surface area contributed by atoms with Gasteiger partial charge in [0.05, 0.1) is 18.7 Å². The first-order valence-corrected chi connectivity index (χ1v) is 8.59. The molecule has 1 aliphatic carbocycles. The van der Waals surface area contributed by atoms with E-state index in [1.165, 1.54) is 0 Å². The van der Waals surface area contributed by atoms with E-state index in [0.29, 0.717) is 13.0 Å². The van der Waals surface area contributed by atoms with Crippen molar-refractivity contribution in [1.82, 2.24) is 15.1 Å². The summed E-state index contributed by atoms with van der Waals surface area (Å²) in [6.45, 7) is 0.568. The SMILES string of the molecule is O=C(Nc1ccccc1Cn1cccn1)N[C@@H]1c2ccccc2C[C@@H]1O. The van der Waals surface area contributed by atoms with Crippen LogP contribution in [-0.4, -0.2) is 27.0 Å². The molecule has 132 valence electrons. The van der Waals surface area contributed by atoms with Crippen molar-refractivity contribution in [2.24, 2.45) is 0 Å². The zero-order chi connectivity index (χ0) is 17.9. The zero-order valence-electron chi connectivity index (χ0n) is 14.2. The maximum atomic E-state index is 12.5. The minimum atomic E-state index is -0.613. The number of urea groups is 1. The van der Waals surface area contributed by atoms with Crippen molar-refractivity contribution in [1.29, 1.82) is 0 Å². The normalized spacial score (nSPS) is 18.3. The number of anilines is 1. The van der Waals surface area contributed by atoms with Crippen LogP contribution in [0.5, 0.6) is 0 Å². The van der Waals surface area contributed by atoms with E-state index in [4.69, 9.17) is 0 Å². The van der Waals surface area contributed by atoms with Crippen LogP contribution in [0.4, 0.5) is 10.5 Å². The van der Waals surface area contributed by atoms with Crippen LogP contribution >= 0.6 is 0 Å². The number of para-hydroxylation sites is 1. The number of nitrogens with zero attached hydrogens (tertiary/aromatic N) is 2. The largest absolute Gasteiger partial charge is 0.390 e. The Morgan fingerprint density at radius 2 is 1.96 bits per heavy atom. The van der Waals surface area contributed by atoms with Crippen molar-refractivity contribution >= 4 is 11.7 Å². The predicted octanol–water partition coefficient (Wildman–Crippen LogP) is 2.71. The molecule has 0 bridgehead atoms. The van der Waals surface area contributed by atoms with E-state index in [1.54, 1.807) is 10.9 Å². The Bertz CT molecular complexity index is 908. The Labute approximate surface area is 151 Å². The van der Waals surface area contributed by atoms with E-state index >= 15 is 0 Å². The minimum absolute atomic E-state index is 0.335. The molecule has 6 nitrogen and oxygen atoms in total. The molecule has 0 radical (unpaired) electrons. The number of amides is 2. The van der Waals surface area contributed by atoms with Crippen LogP contribution in [0.15, 0.2) is 67.0 Å². The van der Waals surface area contributed by atoms with Crippen molar-refractivity contribution in [2.45, 2.75) is 25.1 Å². The maximum absolute atomic E-state index is 12.5. The van der Waals surface area contributed by atoms with Crippen LogP contribution in [0, 0.1) is 0 Å². The summed E-state index contributed by atoms with van der Waals surface area (Å²) in [4.78, 5) is 12.5. The molecule has 0 spiro atoms. The average Bonchev–Trinajstić information content (AvgIpc) is 3.25. The molecule has 2 amide bonds. The van der Waals surface area contributed by atoms with Gasteiger partial charge in [0.2, 0.25) is 0 Å². The molecule has 2 aromatic carbocycles. The second kappa shape index (κ2) is 7.01. The Hall–Kier alpha value is -3.12. The molecular formula is C20H20N4O2. The number of fused-ring (bicyclic) bond motifs is 1. The number of hydrogen-bond acceptors (Lipinski definition) is 3. The van der Waals surface area contributed by atoms with E-state index in [-0.39, 0.29) is 6.03 Å². The molecule has 0 unspecified atom stereocenters. The summed E-state index contributed by atoms with van der Waals surface area (Å²) in [7, 11) is 0. The highest BCUT2D eigenvalue weighted by molar-refractivity contribution is 5.90. The lowest BCUT2D eigenvalue weighted by atomic mass is 10.1. The van der Waals surface area contributed by atoms with Crippen LogP contribution in [0.1, 0.15) is 22.7 Å². The number of aromatic nitrogens is 2. The van der Waals surface area contributed by atoms with Crippen molar-refractivity contribution in [3.05, 3.63) is 83.7 Å². The highest BCUT2D eigenvalue weighted by Crippen LogP contribution is 2.31. The number of aliphatic hydroxyl groups is 1. The summed E-state index contributed by atoms with van der Waals surface area (Å²) in [5, 5.41) is 20.3. The van der Waals surface area contributed by atoms with E-state index in [0.717, 1.165) is 22.4 Å². The van der Waals surface area contributed by atoms with Gasteiger partial charge in [-0.1, -0.05) is 42.5 Å². The molecule has 6 heteroatoms. The molecule has 1 aromatic heterocycles. The summed E-state index contributed by atoms with van der Waals surface area (Å²) in [6.07, 6.45) is 3.54. The molecule has 26 heavy (non-hydrogen) atoms. The average molecular weight is 348 g/mol. The Morgan fingerprint density at radius 1 is 1.15 bits per heavy atom. The van der Waals surface area contributed by atoms with E-state index in [2.05, 4.69) is 15.7 Å². The second-order valence-corrected chi connectivity index (χ2v) is 6.41. The molecule has 0 aliphatic heterocycles. The van der Waals surface area contributed by atoms with Crippen LogP contribution in [-0.2, 0) is 13.0 Å². The van der Waals surface area contributed by atoms with E-state index in [9.17, 15) is 9.90 Å². The summed E-state index contributed by atoms with van der Waals surface area (Å²) in [5.74, 6) is 0. The first kappa shape index (κ1) is 16.4. The fraction of sp³-hybridized carbons (Fsp3) is 0.200. The molecule has 3 aromatic rings. The number of nitrogens with one attached hydrogen (secondary N) is 2. The molecule has 0 fully saturated rings. The molecule has 4 rings (SSSR count). The minimum Gasteiger partial charge on any atom is -0.390 e. The lowest BCUT2D eigenvalue weighted by Crippen LogP contribution is -2.37. The summed E-state index contributed by atoms with van der Waals surface area (Å²) in [5.41, 5.74) is 3.73. The van der Waals surface area contributed by atoms with Gasteiger partial charge in [-0.05, 0) is 28.8 Å². The molecule has 2 atom stereocenters. The van der Waals surface area contributed by atoms with Crippen LogP contribution < -0.4 is 10.6 Å². The van der Waals surface area contributed by atoms with E-state index < -0.39 is 12.1 Å². The van der Waals surface area contributed by atoms with Gasteiger partial charge >= 0.3 is 6.03 Å². The highest BCUT2D eigenvalue weighted by atomic mass is 16.3. The van der Waals surface area contributed by atoms with Gasteiger partial charge in [0.25, 0.3) is 0 Å². The summed E-state index contributed by atoms with van der Waals surface area (Å²) < 4.78 is 1.80. The van der Waals surface area contributed by atoms with Crippen molar-refractivity contribution in [3.63, 3.8) is 0 Å². The Morgan fingerprint density at radius 3 is 2.81 bits per heavy atom. The molecular weight excluding hydrogens is 328 g/mol. The summed E-state index contributed by atoms with van der Waals surface area (Å²) in [6, 6.07) is 16.5. The topological polar surface area (TPSA) is 79.2 Å². The predicted molar refractivity (Wildman–Crippen MR) is 98.8 cm³/mol. The number of aliphatic hydroxyl groups excluding tert-OH is 1. The monoisotopic (exact) mass is 348 g/mol. The van der Waals surface area contributed by atoms with Gasteiger partial charge in [-0.2, -0.15) is 5.10 Å². The zero-order valence-corrected chi connectivity index (χ0v) is 14.2. The number of carbonyl (C=O) groups is 1. The van der Waals surface area contributed by atoms with E-state index in [1.807, 2.05) is 60.8 Å². The number of carbonyl (C=O) groups excluding carboxylic acids is 1. The van der Waals surface area contributed by atoms with Gasteiger partial charge in [-0.25, -0.2) is 4.79 Å². The third kappa shape index (κ3) is 3.32. The third-order valence-electron chi connectivity index (χ3n) is 4.65. The van der Waals surface area contributed by atoms with Crippen LogP contribution in [0.25, 0.3) is 0 Å². The van der Waals surface area contributed by atoms with Crippen molar-refractivity contribution in [3.8, 4) is 0 Å². The number of benzene rings is 2. The van der Waals surface area contributed by atoms with Gasteiger partial charge in [-0.15, -0.1) is 0 Å². The number of rotatable bonds is 4. The molecule has 0 saturated heterocycles. The van der Waals surface area contributed by atoms with Gasteiger partial charge < -0.3 is 15.7 Å². The quantitative estimate of drug-likeness (QED) is 0.678. The van der Waals surface area contributed by atoms with Crippen molar-refractivity contribution < 1.29 is 9.90 Å². The first-order chi connectivity index (χ1) is 12.7. The highest BCUT2D eigenvalue weighted by Gasteiger charge is 2.31. The molecule has 3 N–H and O–H groups in total. The smallest absolute Gasteiger partial charge is 0.319 e. The Balaban J connectivity index is 1.47. The second-order valence-electron chi connectivity index (χ2n) is 6.41. The lowest BCUT2D eigenvalue weighted by Gasteiger charge is -2.19. The standard InChI is InChI=1S/C20H20N4O2/c25-18-12-14-6-1-3-8-16(14)19(18)23-20(26)22-17-9-4-2-7-15(17)13-24-11-5-10-21-24/h1-11,18-19,25H,12-13H2,(H2,22,23,26)/t18-,19+/m0/s1. The fourth-order valence-corrected chi connectivity index (χ4v) is 3.40. The van der Waals surface area contributed by atoms with Gasteiger partial charge in [-0.3, -0.25) is 4.68 Å². The third-order valence-corrected chi connectivity index (χ3v) is 4.65. The Kier molecular flexibility index (Phi) is 4.41. The fourth-order valence-electron chi connectivity index (χ4n) is 3.40. The molecule has 1 aliphatic rings. The molecule has 0 saturated carbocycles. The lowest BCUT2D eigenvalue weighted by molar-refractivity contribution is 0.144. The maximum Gasteiger partial charge on any atom is 0.319 e. The summed E-state index contributed by atoms with van der Waals surface area (Å²) >= 11 is 0. The van der Waals surface area contributed by atoms with Gasteiger partial charge in [0.1, 0.15) is 0 Å². The van der Waals surface area contributed by atoms with Crippen LogP contribution in [0.2, 0.25) is 0 Å². The first-order valence-electron chi connectivity index (χ1n) is 8.59. The van der Waals surface area contributed by atoms with Crippen molar-refractivity contribution in [2.75, 3.05) is 5.32 Å².